The van der Waals surface area contributed by atoms with Crippen molar-refractivity contribution in [3.8, 4) is 0 Å². The maximum Gasteiger partial charge on any atom is 0.257 e. The summed E-state index contributed by atoms with van der Waals surface area (Å²) in [6.07, 6.45) is 4.72. The van der Waals surface area contributed by atoms with E-state index >= 15 is 0 Å². The van der Waals surface area contributed by atoms with Gasteiger partial charge in [-0.15, -0.1) is 0 Å². The second-order valence-electron chi connectivity index (χ2n) is 4.71. The Hall–Kier alpha value is -2.02. The number of hydrogen-bond acceptors (Lipinski definition) is 5. The summed E-state index contributed by atoms with van der Waals surface area (Å²) in [6, 6.07) is -0.0849. The summed E-state index contributed by atoms with van der Waals surface area (Å²) in [4.78, 5) is 22.3. The molecule has 100 valence electrons. The zero-order valence-electron chi connectivity index (χ0n) is 10.7. The van der Waals surface area contributed by atoms with Crippen LogP contribution < -0.4 is 0 Å². The zero-order valence-corrected chi connectivity index (χ0v) is 10.7. The van der Waals surface area contributed by atoms with Crippen LogP contribution in [0.25, 0.3) is 5.78 Å². The lowest BCUT2D eigenvalue weighted by molar-refractivity contribution is 0.0675. The number of carbonyl (C=O) groups is 1. The fourth-order valence-corrected chi connectivity index (χ4v) is 2.55. The first-order valence-electron chi connectivity index (χ1n) is 6.29. The van der Waals surface area contributed by atoms with Gasteiger partial charge >= 0.3 is 0 Å². The molecule has 0 aromatic carbocycles. The predicted molar refractivity (Wildman–Crippen MR) is 66.7 cm³/mol. The Balaban J connectivity index is 1.99. The first kappa shape index (κ1) is 12.0. The fraction of sp³-hybridized carbons (Fsp3) is 0.500. The Labute approximate surface area is 109 Å². The largest absolute Gasteiger partial charge is 0.394 e. The SMILES string of the molecule is Cc1c(C(=O)N2CCC[C@H]2CO)cnc2ncnn12. The Kier molecular flexibility index (Phi) is 2.90. The summed E-state index contributed by atoms with van der Waals surface area (Å²) < 4.78 is 1.55. The van der Waals surface area contributed by atoms with E-state index in [0.717, 1.165) is 18.5 Å². The third-order valence-electron chi connectivity index (χ3n) is 3.63. The first-order valence-corrected chi connectivity index (χ1v) is 6.29. The first-order chi connectivity index (χ1) is 9.22. The van der Waals surface area contributed by atoms with Gasteiger partial charge < -0.3 is 10.0 Å². The molecule has 1 N–H and O–H groups in total. The van der Waals surface area contributed by atoms with Gasteiger partial charge in [0.2, 0.25) is 0 Å². The van der Waals surface area contributed by atoms with Gasteiger partial charge in [0.25, 0.3) is 11.7 Å². The molecule has 3 heterocycles. The fourth-order valence-electron chi connectivity index (χ4n) is 2.55. The van der Waals surface area contributed by atoms with E-state index in [1.165, 1.54) is 12.5 Å². The van der Waals surface area contributed by atoms with E-state index < -0.39 is 0 Å². The smallest absolute Gasteiger partial charge is 0.257 e. The number of rotatable bonds is 2. The van der Waals surface area contributed by atoms with Crippen molar-refractivity contribution in [2.45, 2.75) is 25.8 Å². The normalized spacial score (nSPS) is 19.3. The molecule has 1 aliphatic rings. The number of carbonyl (C=O) groups excluding carboxylic acids is 1. The van der Waals surface area contributed by atoms with Crippen molar-refractivity contribution >= 4 is 11.7 Å². The molecule has 2 aromatic rings. The average Bonchev–Trinajstić information content (AvgIpc) is 3.07. The van der Waals surface area contributed by atoms with Gasteiger partial charge in [0.1, 0.15) is 6.33 Å². The minimum Gasteiger partial charge on any atom is -0.394 e. The highest BCUT2D eigenvalue weighted by Crippen LogP contribution is 2.20. The molecule has 3 rings (SSSR count). The van der Waals surface area contributed by atoms with E-state index in [1.807, 2.05) is 6.92 Å². The molecule has 0 spiro atoms. The number of aryl methyl sites for hydroxylation is 1. The highest BCUT2D eigenvalue weighted by Gasteiger charge is 2.30. The number of aliphatic hydroxyl groups is 1. The number of fused-ring (bicyclic) bond motifs is 1. The number of nitrogens with zero attached hydrogens (tertiary/aromatic N) is 5. The number of likely N-dealkylation sites (tertiary alicyclic amines) is 1. The molecule has 7 nitrogen and oxygen atoms in total. The number of aromatic nitrogens is 4. The van der Waals surface area contributed by atoms with Crippen LogP contribution in [0, 0.1) is 6.92 Å². The number of aliphatic hydroxyl groups excluding tert-OH is 1. The minimum atomic E-state index is -0.0982. The second kappa shape index (κ2) is 4.58. The van der Waals surface area contributed by atoms with Crippen LogP contribution in [0.5, 0.6) is 0 Å². The molecule has 0 saturated carbocycles. The Morgan fingerprint density at radius 1 is 1.53 bits per heavy atom. The van der Waals surface area contributed by atoms with Crippen LogP contribution in [0.2, 0.25) is 0 Å². The summed E-state index contributed by atoms with van der Waals surface area (Å²) in [5.41, 5.74) is 1.23. The molecule has 1 aliphatic heterocycles. The molecular formula is C12H15N5O2. The molecule has 0 aliphatic carbocycles. The Bertz CT molecular complexity index is 624. The molecule has 1 saturated heterocycles. The van der Waals surface area contributed by atoms with Gasteiger partial charge in [-0.25, -0.2) is 9.50 Å². The molecule has 0 bridgehead atoms. The van der Waals surface area contributed by atoms with Crippen LogP contribution >= 0.6 is 0 Å². The molecule has 2 aromatic heterocycles. The maximum atomic E-state index is 12.5. The van der Waals surface area contributed by atoms with Crippen molar-refractivity contribution in [2.75, 3.05) is 13.2 Å². The van der Waals surface area contributed by atoms with E-state index in [9.17, 15) is 9.90 Å². The Morgan fingerprint density at radius 2 is 2.37 bits per heavy atom. The lowest BCUT2D eigenvalue weighted by atomic mass is 10.2. The summed E-state index contributed by atoms with van der Waals surface area (Å²) in [7, 11) is 0. The van der Waals surface area contributed by atoms with Crippen LogP contribution in [0.4, 0.5) is 0 Å². The van der Waals surface area contributed by atoms with Gasteiger partial charge in [0, 0.05) is 12.7 Å². The van der Waals surface area contributed by atoms with E-state index in [0.29, 0.717) is 17.9 Å². The highest BCUT2D eigenvalue weighted by molar-refractivity contribution is 5.95. The third kappa shape index (κ3) is 1.86. The van der Waals surface area contributed by atoms with Crippen molar-refractivity contribution in [2.24, 2.45) is 0 Å². The molecule has 7 heteroatoms. The molecule has 0 radical (unpaired) electrons. The molecule has 1 atom stereocenters. The second-order valence-corrected chi connectivity index (χ2v) is 4.71. The quantitative estimate of drug-likeness (QED) is 0.824. The van der Waals surface area contributed by atoms with Crippen molar-refractivity contribution in [3.05, 3.63) is 23.8 Å². The van der Waals surface area contributed by atoms with Crippen LogP contribution in [-0.2, 0) is 0 Å². The third-order valence-corrected chi connectivity index (χ3v) is 3.63. The lowest BCUT2D eigenvalue weighted by Gasteiger charge is -2.23. The van der Waals surface area contributed by atoms with Gasteiger partial charge in [-0.05, 0) is 19.8 Å². The van der Waals surface area contributed by atoms with E-state index in [-0.39, 0.29) is 18.6 Å². The molecule has 0 unspecified atom stereocenters. The van der Waals surface area contributed by atoms with Crippen molar-refractivity contribution in [3.63, 3.8) is 0 Å². The van der Waals surface area contributed by atoms with Crippen molar-refractivity contribution in [1.29, 1.82) is 0 Å². The van der Waals surface area contributed by atoms with Crippen LogP contribution in [0.15, 0.2) is 12.5 Å². The van der Waals surface area contributed by atoms with Crippen LogP contribution in [0.1, 0.15) is 28.9 Å². The van der Waals surface area contributed by atoms with Crippen LogP contribution in [0.3, 0.4) is 0 Å². The summed E-state index contributed by atoms with van der Waals surface area (Å²) in [5.74, 6) is 0.383. The monoisotopic (exact) mass is 261 g/mol. The predicted octanol–water partition coefficient (Wildman–Crippen LogP) is 0.0296. The highest BCUT2D eigenvalue weighted by atomic mass is 16.3. The molecule has 1 fully saturated rings. The topological polar surface area (TPSA) is 83.6 Å². The number of amides is 1. The molecule has 19 heavy (non-hydrogen) atoms. The van der Waals surface area contributed by atoms with Gasteiger partial charge in [-0.1, -0.05) is 0 Å². The Morgan fingerprint density at radius 3 is 3.16 bits per heavy atom. The summed E-state index contributed by atoms with van der Waals surface area (Å²) in [6.45, 7) is 2.50. The summed E-state index contributed by atoms with van der Waals surface area (Å²) in [5, 5.41) is 13.4. The zero-order chi connectivity index (χ0) is 13.4. The lowest BCUT2D eigenvalue weighted by Crippen LogP contribution is -2.38. The van der Waals surface area contributed by atoms with E-state index in [1.54, 1.807) is 9.42 Å². The van der Waals surface area contributed by atoms with Gasteiger partial charge in [-0.3, -0.25) is 4.79 Å². The van der Waals surface area contributed by atoms with E-state index in [4.69, 9.17) is 0 Å². The van der Waals surface area contributed by atoms with Gasteiger partial charge in [0.15, 0.2) is 0 Å². The molecule has 1 amide bonds. The van der Waals surface area contributed by atoms with E-state index in [2.05, 4.69) is 15.1 Å². The molecular weight excluding hydrogens is 246 g/mol. The van der Waals surface area contributed by atoms with Gasteiger partial charge in [-0.2, -0.15) is 10.1 Å². The van der Waals surface area contributed by atoms with Crippen molar-refractivity contribution in [1.82, 2.24) is 24.5 Å². The minimum absolute atomic E-state index is 0.00376. The van der Waals surface area contributed by atoms with Crippen LogP contribution in [-0.4, -0.2) is 54.7 Å². The van der Waals surface area contributed by atoms with Crippen molar-refractivity contribution < 1.29 is 9.90 Å². The summed E-state index contributed by atoms with van der Waals surface area (Å²) >= 11 is 0. The maximum absolute atomic E-state index is 12.5. The number of hydrogen-bond donors (Lipinski definition) is 1. The average molecular weight is 261 g/mol. The van der Waals surface area contributed by atoms with Gasteiger partial charge in [0.05, 0.1) is 23.9 Å². The standard InChI is InChI=1S/C12H15N5O2/c1-8-10(5-13-12-14-7-15-17(8)12)11(19)16-4-2-3-9(16)6-18/h5,7,9,18H,2-4,6H2,1H3/t9-/m0/s1.